The third kappa shape index (κ3) is 2.48. The van der Waals surface area contributed by atoms with Crippen LogP contribution in [0.3, 0.4) is 0 Å². The summed E-state index contributed by atoms with van der Waals surface area (Å²) in [5.41, 5.74) is 2.15. The number of aromatic amines is 1. The topological polar surface area (TPSA) is 51.3 Å². The highest BCUT2D eigenvalue weighted by molar-refractivity contribution is 5.84. The molecule has 0 saturated carbocycles. The minimum absolute atomic E-state index is 0.113. The second kappa shape index (κ2) is 5.32. The van der Waals surface area contributed by atoms with Crippen molar-refractivity contribution in [3.8, 4) is 22.6 Å². The second-order valence-electron chi connectivity index (χ2n) is 4.69. The summed E-state index contributed by atoms with van der Waals surface area (Å²) in [7, 11) is 3.24. The van der Waals surface area contributed by atoms with Gasteiger partial charge in [0, 0.05) is 16.5 Å². The number of nitrogens with one attached hydrogen (secondary N) is 1. The molecule has 3 aromatic rings. The van der Waals surface area contributed by atoms with E-state index in [4.69, 9.17) is 9.47 Å². The maximum absolute atomic E-state index is 12.2. The van der Waals surface area contributed by atoms with Crippen LogP contribution < -0.4 is 15.0 Å². The van der Waals surface area contributed by atoms with Gasteiger partial charge in [0.25, 0.3) is 5.56 Å². The van der Waals surface area contributed by atoms with Gasteiger partial charge < -0.3 is 14.5 Å². The average Bonchev–Trinajstić information content (AvgIpc) is 2.54. The summed E-state index contributed by atoms with van der Waals surface area (Å²) in [6.45, 7) is 0. The Bertz CT molecular complexity index is 835. The Balaban J connectivity index is 2.16. The zero-order valence-corrected chi connectivity index (χ0v) is 11.8. The Hall–Kier alpha value is -2.75. The molecule has 1 N–H and O–H groups in total. The molecule has 4 heteroatoms. The highest BCUT2D eigenvalue weighted by Crippen LogP contribution is 2.24. The lowest BCUT2D eigenvalue weighted by Gasteiger charge is -2.06. The predicted octanol–water partition coefficient (Wildman–Crippen LogP) is 3.21. The van der Waals surface area contributed by atoms with Gasteiger partial charge in [0.1, 0.15) is 11.5 Å². The van der Waals surface area contributed by atoms with Crippen LogP contribution in [0.25, 0.3) is 22.0 Å². The SMILES string of the molecule is COc1ccc(-c2cc3cc(OC)ccc3[nH]c2=O)cc1. The summed E-state index contributed by atoms with van der Waals surface area (Å²) in [6, 6.07) is 14.9. The standard InChI is InChI=1S/C17H15NO3/c1-20-13-5-3-11(4-6-13)15-10-12-9-14(21-2)7-8-16(12)18-17(15)19/h3-10H,1-2H3,(H,18,19). The number of methoxy groups -OCH3 is 2. The van der Waals surface area contributed by atoms with Crippen LogP contribution in [-0.4, -0.2) is 19.2 Å². The molecule has 21 heavy (non-hydrogen) atoms. The lowest BCUT2D eigenvalue weighted by Crippen LogP contribution is -2.08. The van der Waals surface area contributed by atoms with E-state index in [0.29, 0.717) is 5.56 Å². The number of H-pyrrole nitrogens is 1. The van der Waals surface area contributed by atoms with E-state index < -0.39 is 0 Å². The largest absolute Gasteiger partial charge is 0.497 e. The quantitative estimate of drug-likeness (QED) is 0.802. The molecule has 2 aromatic carbocycles. The van der Waals surface area contributed by atoms with Crippen molar-refractivity contribution in [1.82, 2.24) is 4.98 Å². The number of fused-ring (bicyclic) bond motifs is 1. The van der Waals surface area contributed by atoms with E-state index >= 15 is 0 Å². The number of hydrogen-bond acceptors (Lipinski definition) is 3. The molecule has 0 aliphatic carbocycles. The normalized spacial score (nSPS) is 10.6. The van der Waals surface area contributed by atoms with E-state index in [0.717, 1.165) is 28.0 Å². The third-order valence-electron chi connectivity index (χ3n) is 3.45. The lowest BCUT2D eigenvalue weighted by molar-refractivity contribution is 0.415. The number of rotatable bonds is 3. The van der Waals surface area contributed by atoms with Gasteiger partial charge in [-0.3, -0.25) is 4.79 Å². The summed E-state index contributed by atoms with van der Waals surface area (Å²) in [5.74, 6) is 1.52. The second-order valence-corrected chi connectivity index (χ2v) is 4.69. The monoisotopic (exact) mass is 281 g/mol. The molecule has 0 amide bonds. The molecule has 0 unspecified atom stereocenters. The first-order valence-corrected chi connectivity index (χ1v) is 6.57. The fourth-order valence-electron chi connectivity index (χ4n) is 2.30. The lowest BCUT2D eigenvalue weighted by atomic mass is 10.0. The van der Waals surface area contributed by atoms with Gasteiger partial charge in [-0.1, -0.05) is 12.1 Å². The molecule has 3 rings (SSSR count). The van der Waals surface area contributed by atoms with Gasteiger partial charge in [0.15, 0.2) is 0 Å². The molecule has 0 aliphatic rings. The molecule has 0 aliphatic heterocycles. The van der Waals surface area contributed by atoms with Crippen molar-refractivity contribution in [2.75, 3.05) is 14.2 Å². The van der Waals surface area contributed by atoms with Gasteiger partial charge in [-0.05, 0) is 42.0 Å². The molecule has 0 radical (unpaired) electrons. The van der Waals surface area contributed by atoms with Gasteiger partial charge in [0.05, 0.1) is 14.2 Å². The van der Waals surface area contributed by atoms with E-state index in [9.17, 15) is 4.79 Å². The molecule has 106 valence electrons. The Morgan fingerprint density at radius 3 is 2.19 bits per heavy atom. The Labute approximate surface area is 122 Å². The fraction of sp³-hybridized carbons (Fsp3) is 0.118. The van der Waals surface area contributed by atoms with Crippen molar-refractivity contribution in [2.24, 2.45) is 0 Å². The Morgan fingerprint density at radius 1 is 0.857 bits per heavy atom. The minimum atomic E-state index is -0.113. The van der Waals surface area contributed by atoms with Crippen LogP contribution in [0.4, 0.5) is 0 Å². The van der Waals surface area contributed by atoms with Crippen molar-refractivity contribution in [3.05, 3.63) is 58.9 Å². The summed E-state index contributed by atoms with van der Waals surface area (Å²) in [5, 5.41) is 0.930. The predicted molar refractivity (Wildman–Crippen MR) is 83.1 cm³/mol. The highest BCUT2D eigenvalue weighted by atomic mass is 16.5. The van der Waals surface area contributed by atoms with Gasteiger partial charge in [-0.25, -0.2) is 0 Å². The molecular formula is C17H15NO3. The number of hydrogen-bond donors (Lipinski definition) is 1. The van der Waals surface area contributed by atoms with E-state index in [1.807, 2.05) is 48.5 Å². The van der Waals surface area contributed by atoms with Crippen LogP contribution in [0.1, 0.15) is 0 Å². The molecule has 1 heterocycles. The van der Waals surface area contributed by atoms with Gasteiger partial charge in [-0.15, -0.1) is 0 Å². The zero-order chi connectivity index (χ0) is 14.8. The molecule has 4 nitrogen and oxygen atoms in total. The number of pyridine rings is 1. The van der Waals surface area contributed by atoms with E-state index in [1.165, 1.54) is 0 Å². The Kier molecular flexibility index (Phi) is 3.36. The van der Waals surface area contributed by atoms with E-state index in [2.05, 4.69) is 4.98 Å². The van der Waals surface area contributed by atoms with Crippen molar-refractivity contribution in [1.29, 1.82) is 0 Å². The van der Waals surface area contributed by atoms with Crippen LogP contribution in [0.5, 0.6) is 11.5 Å². The van der Waals surface area contributed by atoms with Crippen molar-refractivity contribution >= 4 is 10.9 Å². The molecular weight excluding hydrogens is 266 g/mol. The van der Waals surface area contributed by atoms with Crippen molar-refractivity contribution in [3.63, 3.8) is 0 Å². The highest BCUT2D eigenvalue weighted by Gasteiger charge is 2.06. The minimum Gasteiger partial charge on any atom is -0.497 e. The molecule has 0 bridgehead atoms. The maximum atomic E-state index is 12.2. The van der Waals surface area contributed by atoms with Crippen LogP contribution in [0.15, 0.2) is 53.3 Å². The number of aromatic nitrogens is 1. The maximum Gasteiger partial charge on any atom is 0.256 e. The molecule has 1 aromatic heterocycles. The van der Waals surface area contributed by atoms with E-state index in [1.54, 1.807) is 14.2 Å². The summed E-state index contributed by atoms with van der Waals surface area (Å²) >= 11 is 0. The van der Waals surface area contributed by atoms with Crippen molar-refractivity contribution < 1.29 is 9.47 Å². The number of benzene rings is 2. The van der Waals surface area contributed by atoms with Crippen LogP contribution in [-0.2, 0) is 0 Å². The van der Waals surface area contributed by atoms with Gasteiger partial charge >= 0.3 is 0 Å². The van der Waals surface area contributed by atoms with Crippen LogP contribution >= 0.6 is 0 Å². The van der Waals surface area contributed by atoms with E-state index in [-0.39, 0.29) is 5.56 Å². The smallest absolute Gasteiger partial charge is 0.256 e. The summed E-state index contributed by atoms with van der Waals surface area (Å²) in [4.78, 5) is 15.1. The van der Waals surface area contributed by atoms with Crippen LogP contribution in [0.2, 0.25) is 0 Å². The molecule has 0 fully saturated rings. The Morgan fingerprint density at radius 2 is 1.52 bits per heavy atom. The third-order valence-corrected chi connectivity index (χ3v) is 3.45. The summed E-state index contributed by atoms with van der Waals surface area (Å²) < 4.78 is 10.4. The van der Waals surface area contributed by atoms with Gasteiger partial charge in [0.2, 0.25) is 0 Å². The van der Waals surface area contributed by atoms with Gasteiger partial charge in [-0.2, -0.15) is 0 Å². The molecule has 0 saturated heterocycles. The first-order chi connectivity index (χ1) is 10.2. The first-order valence-electron chi connectivity index (χ1n) is 6.57. The molecule has 0 atom stereocenters. The summed E-state index contributed by atoms with van der Waals surface area (Å²) in [6.07, 6.45) is 0. The average molecular weight is 281 g/mol. The first kappa shape index (κ1) is 13.2. The zero-order valence-electron chi connectivity index (χ0n) is 11.8. The van der Waals surface area contributed by atoms with Crippen LogP contribution in [0, 0.1) is 0 Å². The molecule has 0 spiro atoms. The number of ether oxygens (including phenoxy) is 2. The van der Waals surface area contributed by atoms with Crippen molar-refractivity contribution in [2.45, 2.75) is 0 Å². The fourth-order valence-corrected chi connectivity index (χ4v) is 2.30.